The van der Waals surface area contributed by atoms with Gasteiger partial charge in [0.25, 0.3) is 11.8 Å². The molecule has 30 nitrogen and oxygen atoms in total. The highest BCUT2D eigenvalue weighted by molar-refractivity contribution is 7.80. The number of hydrogen-bond donors (Lipinski definition) is 5. The van der Waals surface area contributed by atoms with Crippen molar-refractivity contribution in [2.45, 2.75) is 26.6 Å². The second-order valence-electron chi connectivity index (χ2n) is 13.3. The van der Waals surface area contributed by atoms with Crippen molar-refractivity contribution < 1.29 is 14.4 Å². The van der Waals surface area contributed by atoms with Crippen molar-refractivity contribution in [3.05, 3.63) is 109 Å². The van der Waals surface area contributed by atoms with Crippen LogP contribution in [0.5, 0.6) is 0 Å². The topological polar surface area (TPSA) is 415 Å². The minimum atomic E-state index is -0.772. The van der Waals surface area contributed by atoms with Gasteiger partial charge in [0.15, 0.2) is 28.3 Å². The number of aromatic nitrogens is 18. The average molecular weight is 1020 g/mol. The maximum Gasteiger partial charge on any atom is 0.353 e. The van der Waals surface area contributed by atoms with Crippen LogP contribution in [0, 0.1) is 61.8 Å². The van der Waals surface area contributed by atoms with Crippen LogP contribution < -0.4 is 34.3 Å². The molecule has 0 atom stereocenters. The Morgan fingerprint density at radius 3 is 1.74 bits per heavy atom. The average Bonchev–Trinajstić information content (AvgIpc) is 4.24. The number of aliphatic imine (C=N–C) groups is 1. The molecule has 0 spiro atoms. The van der Waals surface area contributed by atoms with E-state index in [1.165, 1.54) is 45.2 Å². The van der Waals surface area contributed by atoms with Crippen molar-refractivity contribution >= 4 is 69.2 Å². The normalized spacial score (nSPS) is 9.88. The lowest BCUT2D eigenvalue weighted by Gasteiger charge is -2.00. The zero-order valence-electron chi connectivity index (χ0n) is 37.3. The highest BCUT2D eigenvalue weighted by Crippen LogP contribution is 2.31. The molecule has 9 aromatic rings. The molecule has 0 unspecified atom stereocenters. The summed E-state index contributed by atoms with van der Waals surface area (Å²) < 4.78 is 6.70. The number of carbonyl (C=O) groups is 2. The fraction of sp³-hybridized carbons (Fsp3) is 0.122. The van der Waals surface area contributed by atoms with Gasteiger partial charge in [0.05, 0.1) is 6.33 Å². The Morgan fingerprint density at radius 2 is 1.27 bits per heavy atom. The quantitative estimate of drug-likeness (QED) is 0.0266. The van der Waals surface area contributed by atoms with Crippen LogP contribution in [0.15, 0.2) is 79.4 Å². The number of hydrogen-bond acceptors (Lipinski definition) is 22. The lowest BCUT2D eigenvalue weighted by molar-refractivity contribution is 0.0988. The Labute approximate surface area is 416 Å². The molecule has 0 aliphatic heterocycles. The summed E-state index contributed by atoms with van der Waals surface area (Å²) >= 11 is 6.28. The number of rotatable bonds is 10. The highest BCUT2D eigenvalue weighted by Gasteiger charge is 2.18. The largest absolute Gasteiger partial charge is 0.388 e. The summed E-state index contributed by atoms with van der Waals surface area (Å²) in [6.07, 6.45) is 26.5. The first-order chi connectivity index (χ1) is 35.1. The van der Waals surface area contributed by atoms with Crippen LogP contribution in [0.25, 0.3) is 38.9 Å². The smallest absolute Gasteiger partial charge is 0.353 e. The monoisotopic (exact) mass is 1020 g/mol. The molecule has 8 N–H and O–H groups in total. The standard InChI is InChI=1S/C17H12N6OS.C8H6N6O2.C8H6N6OS.C4H5N5O.C4H3NO/c1-3-8-23-17(24)22-10-18-14(15(22)20-21-23)13-9-25-16(19-13)12-7-5-4-6-11(12)2;1-2-3-14-8(16)13-4-10-5(6(9)15)7(13)11-12-14;1-2-3-14-8(15)13-4-10-5(6(9)16)7(13)11-12-14;5-3(10)2-4(9-6)8-1-7-2;1-2-3-5-4-6/h1,4-7,9-10H,8H2,2H3;1,4H,3H2,(H2,9,15);1,4H,3H2,(H2,9,16);1,6H,(H2,5,10)(H,7,8);1H,3H2/i2+1;;;;. The van der Waals surface area contributed by atoms with Crippen LogP contribution in [0.1, 0.15) is 32.2 Å². The molecule has 2 amide bonds. The molecule has 0 radical (unpaired) electrons. The van der Waals surface area contributed by atoms with Gasteiger partial charge in [0.1, 0.15) is 72.2 Å². The van der Waals surface area contributed by atoms with Crippen molar-refractivity contribution in [3.63, 3.8) is 0 Å². The van der Waals surface area contributed by atoms with Crippen LogP contribution >= 0.6 is 23.6 Å². The number of amides is 2. The van der Waals surface area contributed by atoms with Gasteiger partial charge in [-0.2, -0.15) is 19.0 Å². The predicted octanol–water partition coefficient (Wildman–Crippen LogP) is -1.28. The number of aromatic amines is 1. The molecule has 32 heteroatoms. The first-order valence-corrected chi connectivity index (χ1v) is 21.0. The molecule has 73 heavy (non-hydrogen) atoms. The maximum atomic E-state index is 12.3. The summed E-state index contributed by atoms with van der Waals surface area (Å²) in [5, 5.41) is 28.3. The van der Waals surface area contributed by atoms with Crippen molar-refractivity contribution in [1.82, 2.24) is 88.1 Å². The van der Waals surface area contributed by atoms with Gasteiger partial charge in [-0.3, -0.25) is 9.59 Å². The van der Waals surface area contributed by atoms with E-state index < -0.39 is 23.2 Å². The minimum Gasteiger partial charge on any atom is -0.388 e. The zero-order chi connectivity index (χ0) is 53.2. The van der Waals surface area contributed by atoms with Crippen LogP contribution in [0.4, 0.5) is 5.82 Å². The third-order valence-electron chi connectivity index (χ3n) is 8.77. The number of carbonyl (C=O) groups excluding carboxylic acids is 3. The second-order valence-corrected chi connectivity index (χ2v) is 14.6. The Bertz CT molecular complexity index is 3830. The van der Waals surface area contributed by atoms with E-state index in [1.807, 2.05) is 36.6 Å². The molecule has 364 valence electrons. The van der Waals surface area contributed by atoms with E-state index in [1.54, 1.807) is 0 Å². The summed E-state index contributed by atoms with van der Waals surface area (Å²) in [7, 11) is 0. The van der Waals surface area contributed by atoms with Crippen molar-refractivity contribution in [1.29, 1.82) is 5.53 Å². The number of terminal acetylenes is 4. The summed E-state index contributed by atoms with van der Waals surface area (Å²) in [4.78, 5) is 91.9. The van der Waals surface area contributed by atoms with E-state index in [4.69, 9.17) is 60.6 Å². The van der Waals surface area contributed by atoms with Gasteiger partial charge < -0.3 is 22.2 Å². The van der Waals surface area contributed by atoms with Crippen molar-refractivity contribution in [3.8, 4) is 71.3 Å². The van der Waals surface area contributed by atoms with Crippen LogP contribution in [-0.4, -0.2) is 118 Å². The molecule has 8 aromatic heterocycles. The Morgan fingerprint density at radius 1 is 0.753 bits per heavy atom. The number of nitrogens with zero attached hydrogens (tertiary/aromatic N) is 19. The van der Waals surface area contributed by atoms with Crippen LogP contribution in [0.2, 0.25) is 0 Å². The van der Waals surface area contributed by atoms with E-state index in [0.29, 0.717) is 17.0 Å². The molecule has 0 fully saturated rings. The molecule has 0 saturated carbocycles. The third kappa shape index (κ3) is 12.4. The SMILES string of the molecule is C#CCN=C=O.C#CCn1nnc2c(-c3csc(-c4ccccc4[13CH3])n3)ncn2c1=O.C#CCn1nnc2c(C(N)=O)ncn2c1=O.C#CCn1nnc2c(C(N)=S)ncn2c1=O.N=Nc1nc[nH]c1C(N)=O. The van der Waals surface area contributed by atoms with Gasteiger partial charge in [-0.25, -0.2) is 62.8 Å². The maximum absolute atomic E-state index is 12.3. The highest BCUT2D eigenvalue weighted by atomic mass is 32.1. The summed E-state index contributed by atoms with van der Waals surface area (Å²) in [5.74, 6) is 7.64. The molecule has 0 aliphatic carbocycles. The lowest BCUT2D eigenvalue weighted by Crippen LogP contribution is -2.29. The molecule has 0 saturated heterocycles. The molecule has 0 bridgehead atoms. The molecule has 0 aliphatic rings. The number of benzene rings is 1. The number of nitrogens with one attached hydrogen (secondary N) is 2. The first kappa shape index (κ1) is 52.9. The van der Waals surface area contributed by atoms with E-state index in [2.05, 4.69) is 94.6 Å². The van der Waals surface area contributed by atoms with Gasteiger partial charge in [-0.15, -0.1) is 57.4 Å². The van der Waals surface area contributed by atoms with Gasteiger partial charge in [-0.05, 0) is 12.5 Å². The summed E-state index contributed by atoms with van der Waals surface area (Å²) in [6, 6.07) is 8.05. The number of primary amides is 2. The molecule has 8 heterocycles. The Hall–Kier alpha value is -11.0. The number of nitrogens with two attached hydrogens (primary N) is 3. The van der Waals surface area contributed by atoms with E-state index in [0.717, 1.165) is 40.9 Å². The second kappa shape index (κ2) is 24.8. The third-order valence-corrected chi connectivity index (χ3v) is 9.84. The summed E-state index contributed by atoms with van der Waals surface area (Å²) in [5.41, 5.74) is 24.8. The number of thiazole rings is 1. The molecular formula is C41H32N24O6S2. The molecular weight excluding hydrogens is 990 g/mol. The fourth-order valence-electron chi connectivity index (χ4n) is 5.55. The minimum absolute atomic E-state index is 0.00808. The van der Waals surface area contributed by atoms with Crippen LogP contribution in [0.3, 0.4) is 0 Å². The number of isocyanates is 1. The van der Waals surface area contributed by atoms with Crippen molar-refractivity contribution in [2.24, 2.45) is 27.3 Å². The predicted molar refractivity (Wildman–Crippen MR) is 261 cm³/mol. The fourth-order valence-corrected chi connectivity index (χ4v) is 6.58. The molecule has 9 rings (SSSR count). The number of H-pyrrole nitrogens is 1. The van der Waals surface area contributed by atoms with Gasteiger partial charge >= 0.3 is 17.1 Å². The van der Waals surface area contributed by atoms with Crippen molar-refractivity contribution in [2.75, 3.05) is 6.54 Å². The van der Waals surface area contributed by atoms with E-state index in [-0.39, 0.29) is 71.1 Å². The lowest BCUT2D eigenvalue weighted by atomic mass is 10.2. The summed E-state index contributed by atoms with van der Waals surface area (Å²) in [6.45, 7) is 2.28. The molecule has 1 aromatic carbocycles. The Kier molecular flexibility index (Phi) is 18.0. The van der Waals surface area contributed by atoms with Crippen LogP contribution in [-0.2, 0) is 24.4 Å². The number of aryl methyl sites for hydroxylation is 1. The Balaban J connectivity index is 0.000000181. The zero-order valence-corrected chi connectivity index (χ0v) is 39.0. The number of fused-ring (bicyclic) bond motifs is 3. The van der Waals surface area contributed by atoms with Gasteiger partial charge in [0, 0.05) is 10.9 Å². The number of imidazole rings is 4. The van der Waals surface area contributed by atoms with Gasteiger partial charge in [-0.1, -0.05) is 75.8 Å². The van der Waals surface area contributed by atoms with E-state index >= 15 is 0 Å². The first-order valence-electron chi connectivity index (χ1n) is 19.7. The number of thiocarbonyl (C=S) groups is 1. The van der Waals surface area contributed by atoms with Gasteiger partial charge in [0.2, 0.25) is 11.9 Å². The van der Waals surface area contributed by atoms with E-state index in [9.17, 15) is 28.8 Å².